The Balaban J connectivity index is 2.43. The topological polar surface area (TPSA) is 74.7 Å². The number of hydrogen-bond acceptors (Lipinski definition) is 2. The van der Waals surface area contributed by atoms with Crippen LogP contribution in [0, 0.1) is 0 Å². The lowest BCUT2D eigenvalue weighted by atomic mass is 9.92. The summed E-state index contributed by atoms with van der Waals surface area (Å²) in [7, 11) is 0. The Bertz CT molecular complexity index is 541. The van der Waals surface area contributed by atoms with Crippen LogP contribution in [0.15, 0.2) is 35.3 Å². The molecule has 2 aromatic rings. The maximum absolute atomic E-state index is 11.1. The van der Waals surface area contributed by atoms with Crippen LogP contribution >= 0.6 is 0 Å². The van der Waals surface area contributed by atoms with Gasteiger partial charge in [-0.15, -0.1) is 0 Å². The van der Waals surface area contributed by atoms with E-state index >= 15 is 0 Å². The van der Waals surface area contributed by atoms with Gasteiger partial charge >= 0.3 is 5.69 Å². The zero-order valence-corrected chi connectivity index (χ0v) is 9.86. The van der Waals surface area contributed by atoms with E-state index in [-0.39, 0.29) is 5.69 Å². The van der Waals surface area contributed by atoms with Gasteiger partial charge in [-0.05, 0) is 24.4 Å². The predicted octanol–water partition coefficient (Wildman–Crippen LogP) is 1.82. The van der Waals surface area contributed by atoms with Crippen molar-refractivity contribution in [2.45, 2.75) is 19.3 Å². The van der Waals surface area contributed by atoms with Gasteiger partial charge in [-0.3, -0.25) is 0 Å². The Morgan fingerprint density at radius 1 is 1.35 bits per heavy atom. The summed E-state index contributed by atoms with van der Waals surface area (Å²) in [5.74, 6) is 0.384. The molecule has 0 bridgehead atoms. The molecule has 0 aliphatic carbocycles. The zero-order chi connectivity index (χ0) is 12.3. The first-order valence-corrected chi connectivity index (χ1v) is 5.79. The molecule has 4 nitrogen and oxygen atoms in total. The molecule has 17 heavy (non-hydrogen) atoms. The molecule has 0 aliphatic rings. The second-order valence-electron chi connectivity index (χ2n) is 4.22. The number of benzene rings is 1. The van der Waals surface area contributed by atoms with Crippen molar-refractivity contribution in [2.24, 2.45) is 5.73 Å². The lowest BCUT2D eigenvalue weighted by molar-refractivity contribution is 0.691. The first-order chi connectivity index (χ1) is 8.22. The molecule has 0 radical (unpaired) electrons. The molecule has 1 atom stereocenters. The van der Waals surface area contributed by atoms with Crippen LogP contribution in [-0.2, 0) is 0 Å². The first kappa shape index (κ1) is 11.7. The van der Waals surface area contributed by atoms with Crippen molar-refractivity contribution < 1.29 is 0 Å². The summed E-state index contributed by atoms with van der Waals surface area (Å²) in [6.45, 7) is 2.82. The van der Waals surface area contributed by atoms with Crippen molar-refractivity contribution in [2.75, 3.05) is 6.54 Å². The molecule has 2 rings (SSSR count). The van der Waals surface area contributed by atoms with E-state index in [1.165, 1.54) is 5.56 Å². The highest BCUT2D eigenvalue weighted by Gasteiger charge is 2.11. The van der Waals surface area contributed by atoms with Crippen LogP contribution in [0.25, 0.3) is 11.3 Å². The highest BCUT2D eigenvalue weighted by Crippen LogP contribution is 2.28. The van der Waals surface area contributed by atoms with Crippen molar-refractivity contribution in [3.8, 4) is 11.3 Å². The Morgan fingerprint density at radius 3 is 2.76 bits per heavy atom. The fourth-order valence-electron chi connectivity index (χ4n) is 2.05. The van der Waals surface area contributed by atoms with Crippen LogP contribution in [0.3, 0.4) is 0 Å². The standard InChI is InChI=1S/C13H17N3O/c1-9(6-7-14)10-4-2-3-5-11(10)12-8-15-13(17)16-12/h2-5,8-9H,6-7,14H2,1H3,(H2,15,16,17). The lowest BCUT2D eigenvalue weighted by Gasteiger charge is -2.14. The quantitative estimate of drug-likeness (QED) is 0.750. The van der Waals surface area contributed by atoms with Gasteiger partial charge in [0.15, 0.2) is 0 Å². The van der Waals surface area contributed by atoms with Crippen molar-refractivity contribution in [1.82, 2.24) is 9.97 Å². The number of imidazole rings is 1. The number of hydrogen-bond donors (Lipinski definition) is 3. The predicted molar refractivity (Wildman–Crippen MR) is 68.9 cm³/mol. The smallest absolute Gasteiger partial charge is 0.323 e. The van der Waals surface area contributed by atoms with Gasteiger partial charge in [0, 0.05) is 11.8 Å². The van der Waals surface area contributed by atoms with E-state index in [4.69, 9.17) is 5.73 Å². The highest BCUT2D eigenvalue weighted by atomic mass is 16.1. The largest absolute Gasteiger partial charge is 0.330 e. The molecular weight excluding hydrogens is 214 g/mol. The number of aromatic nitrogens is 2. The van der Waals surface area contributed by atoms with E-state index in [1.807, 2.05) is 18.2 Å². The number of nitrogens with two attached hydrogens (primary N) is 1. The summed E-state index contributed by atoms with van der Waals surface area (Å²) in [6, 6.07) is 8.08. The molecule has 0 amide bonds. The van der Waals surface area contributed by atoms with Gasteiger partial charge < -0.3 is 15.7 Å². The molecule has 90 valence electrons. The van der Waals surface area contributed by atoms with Gasteiger partial charge in [0.05, 0.1) is 5.69 Å². The van der Waals surface area contributed by atoms with Crippen LogP contribution in [0.4, 0.5) is 0 Å². The van der Waals surface area contributed by atoms with E-state index in [0.29, 0.717) is 12.5 Å². The minimum Gasteiger partial charge on any atom is -0.330 e. The van der Waals surface area contributed by atoms with Gasteiger partial charge in [-0.25, -0.2) is 4.79 Å². The third-order valence-corrected chi connectivity index (χ3v) is 2.98. The minimum atomic E-state index is -0.179. The maximum atomic E-state index is 11.1. The van der Waals surface area contributed by atoms with Crippen LogP contribution < -0.4 is 11.4 Å². The average molecular weight is 231 g/mol. The van der Waals surface area contributed by atoms with E-state index in [9.17, 15) is 4.79 Å². The summed E-state index contributed by atoms with van der Waals surface area (Å²) in [5.41, 5.74) is 8.52. The Kier molecular flexibility index (Phi) is 3.44. The number of rotatable bonds is 4. The van der Waals surface area contributed by atoms with Crippen LogP contribution in [0.2, 0.25) is 0 Å². The Morgan fingerprint density at radius 2 is 2.12 bits per heavy atom. The minimum absolute atomic E-state index is 0.179. The number of H-pyrrole nitrogens is 2. The molecule has 1 heterocycles. The number of nitrogens with one attached hydrogen (secondary N) is 2. The molecule has 0 spiro atoms. The summed E-state index contributed by atoms with van der Waals surface area (Å²) >= 11 is 0. The molecule has 0 saturated carbocycles. The second-order valence-corrected chi connectivity index (χ2v) is 4.22. The average Bonchev–Trinajstić information content (AvgIpc) is 2.76. The maximum Gasteiger partial charge on any atom is 0.323 e. The summed E-state index contributed by atoms with van der Waals surface area (Å²) < 4.78 is 0. The molecule has 4 N–H and O–H groups in total. The normalized spacial score (nSPS) is 12.6. The fourth-order valence-corrected chi connectivity index (χ4v) is 2.05. The van der Waals surface area contributed by atoms with E-state index in [2.05, 4.69) is 23.0 Å². The van der Waals surface area contributed by atoms with Crippen molar-refractivity contribution in [1.29, 1.82) is 0 Å². The third-order valence-electron chi connectivity index (χ3n) is 2.98. The molecule has 0 aliphatic heterocycles. The van der Waals surface area contributed by atoms with Gasteiger partial charge in [0.2, 0.25) is 0 Å². The monoisotopic (exact) mass is 231 g/mol. The van der Waals surface area contributed by atoms with Crippen LogP contribution in [-0.4, -0.2) is 16.5 Å². The summed E-state index contributed by atoms with van der Waals surface area (Å²) in [6.07, 6.45) is 2.64. The highest BCUT2D eigenvalue weighted by molar-refractivity contribution is 5.63. The Hall–Kier alpha value is -1.81. The fraction of sp³-hybridized carbons (Fsp3) is 0.308. The molecule has 0 saturated heterocycles. The van der Waals surface area contributed by atoms with Crippen LogP contribution in [0.1, 0.15) is 24.8 Å². The van der Waals surface area contributed by atoms with Gasteiger partial charge in [0.1, 0.15) is 0 Å². The Labute approximate surface area is 99.9 Å². The summed E-state index contributed by atoms with van der Waals surface area (Å²) in [4.78, 5) is 16.6. The second kappa shape index (κ2) is 5.01. The van der Waals surface area contributed by atoms with Crippen molar-refractivity contribution >= 4 is 0 Å². The first-order valence-electron chi connectivity index (χ1n) is 5.79. The molecule has 1 aromatic heterocycles. The summed E-state index contributed by atoms with van der Waals surface area (Å²) in [5, 5.41) is 0. The van der Waals surface area contributed by atoms with Gasteiger partial charge in [0.25, 0.3) is 0 Å². The SMILES string of the molecule is CC(CCN)c1ccccc1-c1c[nH]c(=O)[nH]1. The van der Waals surface area contributed by atoms with E-state index < -0.39 is 0 Å². The van der Waals surface area contributed by atoms with E-state index in [1.54, 1.807) is 6.20 Å². The molecule has 1 unspecified atom stereocenters. The lowest BCUT2D eigenvalue weighted by Crippen LogP contribution is -2.06. The number of aromatic amines is 2. The van der Waals surface area contributed by atoms with Crippen molar-refractivity contribution in [3.05, 3.63) is 46.5 Å². The molecule has 4 heteroatoms. The van der Waals surface area contributed by atoms with Crippen molar-refractivity contribution in [3.63, 3.8) is 0 Å². The molecule has 0 fully saturated rings. The molecule has 1 aromatic carbocycles. The van der Waals surface area contributed by atoms with Crippen LogP contribution in [0.5, 0.6) is 0 Å². The zero-order valence-electron chi connectivity index (χ0n) is 9.86. The molecular formula is C13H17N3O. The van der Waals surface area contributed by atoms with E-state index in [0.717, 1.165) is 17.7 Å². The van der Waals surface area contributed by atoms with Gasteiger partial charge in [-0.2, -0.15) is 0 Å². The third kappa shape index (κ3) is 2.47. The van der Waals surface area contributed by atoms with Gasteiger partial charge in [-0.1, -0.05) is 31.2 Å².